The van der Waals surface area contributed by atoms with Crippen LogP contribution in [-0.2, 0) is 5.60 Å². The number of benzene rings is 1. The topological polar surface area (TPSA) is 58.3 Å². The van der Waals surface area contributed by atoms with Crippen molar-refractivity contribution in [2.24, 2.45) is 0 Å². The third kappa shape index (κ3) is 2.51. The number of aromatic nitrogens is 1. The van der Waals surface area contributed by atoms with Crippen LogP contribution in [0.15, 0.2) is 59.2 Å². The molecule has 4 nitrogen and oxygen atoms in total. The van der Waals surface area contributed by atoms with Crippen LogP contribution in [-0.4, -0.2) is 16.6 Å². The smallest absolute Gasteiger partial charge is 0.136 e. The van der Waals surface area contributed by atoms with Crippen LogP contribution < -0.4 is 5.32 Å². The monoisotopic (exact) mass is 268 g/mol. The summed E-state index contributed by atoms with van der Waals surface area (Å²) in [6.45, 7) is 2.03. The Morgan fingerprint density at radius 3 is 2.80 bits per heavy atom. The molecule has 4 heteroatoms. The van der Waals surface area contributed by atoms with Gasteiger partial charge in [0.2, 0.25) is 0 Å². The standard InChI is InChI=1S/C16H16N2O2/c1-16(19,14-7-4-10-20-14)11-17-15-9-8-12-5-2-3-6-13(12)18-15/h2-10,19H,11H2,1H3,(H,17,18). The highest BCUT2D eigenvalue weighted by molar-refractivity contribution is 5.80. The van der Waals surface area contributed by atoms with Gasteiger partial charge in [-0.25, -0.2) is 4.98 Å². The van der Waals surface area contributed by atoms with Crippen molar-refractivity contribution in [3.63, 3.8) is 0 Å². The number of aliphatic hydroxyl groups is 1. The number of anilines is 1. The lowest BCUT2D eigenvalue weighted by atomic mass is 10.0. The average Bonchev–Trinajstić information content (AvgIpc) is 3.00. The zero-order chi connectivity index (χ0) is 14.0. The van der Waals surface area contributed by atoms with E-state index in [0.29, 0.717) is 12.3 Å². The van der Waals surface area contributed by atoms with Crippen LogP contribution in [0.1, 0.15) is 12.7 Å². The van der Waals surface area contributed by atoms with Crippen molar-refractivity contribution >= 4 is 16.7 Å². The maximum Gasteiger partial charge on any atom is 0.136 e. The second-order valence-electron chi connectivity index (χ2n) is 4.99. The summed E-state index contributed by atoms with van der Waals surface area (Å²) >= 11 is 0. The Bertz CT molecular complexity index is 705. The van der Waals surface area contributed by atoms with E-state index in [1.54, 1.807) is 25.3 Å². The van der Waals surface area contributed by atoms with Gasteiger partial charge in [0.25, 0.3) is 0 Å². The summed E-state index contributed by atoms with van der Waals surface area (Å²) in [5, 5.41) is 14.6. The molecule has 102 valence electrons. The number of fused-ring (bicyclic) bond motifs is 1. The number of para-hydroxylation sites is 1. The second kappa shape index (κ2) is 4.98. The van der Waals surface area contributed by atoms with Gasteiger partial charge in [0.05, 0.1) is 18.3 Å². The normalized spacial score (nSPS) is 14.1. The van der Waals surface area contributed by atoms with Crippen LogP contribution >= 0.6 is 0 Å². The Morgan fingerprint density at radius 1 is 1.15 bits per heavy atom. The largest absolute Gasteiger partial charge is 0.466 e. The molecule has 3 rings (SSSR count). The molecule has 0 saturated heterocycles. The zero-order valence-corrected chi connectivity index (χ0v) is 11.2. The summed E-state index contributed by atoms with van der Waals surface area (Å²) in [4.78, 5) is 4.51. The fourth-order valence-electron chi connectivity index (χ4n) is 2.10. The number of nitrogens with one attached hydrogen (secondary N) is 1. The number of nitrogens with zero attached hydrogens (tertiary/aromatic N) is 1. The van der Waals surface area contributed by atoms with Crippen LogP contribution in [0.2, 0.25) is 0 Å². The number of hydrogen-bond acceptors (Lipinski definition) is 4. The summed E-state index contributed by atoms with van der Waals surface area (Å²) in [6.07, 6.45) is 1.55. The third-order valence-corrected chi connectivity index (χ3v) is 3.26. The molecule has 1 aromatic carbocycles. The summed E-state index contributed by atoms with van der Waals surface area (Å²) in [6, 6.07) is 15.4. The van der Waals surface area contributed by atoms with Crippen molar-refractivity contribution in [3.05, 3.63) is 60.6 Å². The number of rotatable bonds is 4. The minimum absolute atomic E-state index is 0.325. The van der Waals surface area contributed by atoms with Crippen LogP contribution in [0.4, 0.5) is 5.82 Å². The number of hydrogen-bond donors (Lipinski definition) is 2. The predicted molar refractivity (Wildman–Crippen MR) is 78.5 cm³/mol. The highest BCUT2D eigenvalue weighted by atomic mass is 16.4. The van der Waals surface area contributed by atoms with E-state index in [0.717, 1.165) is 16.7 Å². The van der Waals surface area contributed by atoms with Crippen LogP contribution in [0.3, 0.4) is 0 Å². The van der Waals surface area contributed by atoms with E-state index in [4.69, 9.17) is 4.42 Å². The third-order valence-electron chi connectivity index (χ3n) is 3.26. The van der Waals surface area contributed by atoms with Crippen molar-refractivity contribution in [1.29, 1.82) is 0 Å². The molecular formula is C16H16N2O2. The van der Waals surface area contributed by atoms with Crippen molar-refractivity contribution in [2.75, 3.05) is 11.9 Å². The van der Waals surface area contributed by atoms with E-state index in [2.05, 4.69) is 10.3 Å². The molecule has 0 spiro atoms. The van der Waals surface area contributed by atoms with Gasteiger partial charge in [-0.1, -0.05) is 18.2 Å². The minimum atomic E-state index is -1.07. The van der Waals surface area contributed by atoms with Crippen LogP contribution in [0.25, 0.3) is 10.9 Å². The van der Waals surface area contributed by atoms with Crippen molar-refractivity contribution in [1.82, 2.24) is 4.98 Å². The van der Waals surface area contributed by atoms with Gasteiger partial charge in [0, 0.05) is 5.39 Å². The molecule has 1 atom stereocenters. The summed E-state index contributed by atoms with van der Waals surface area (Å²) in [7, 11) is 0. The second-order valence-corrected chi connectivity index (χ2v) is 4.99. The Balaban J connectivity index is 1.77. The van der Waals surface area contributed by atoms with E-state index in [9.17, 15) is 5.11 Å². The first-order valence-electron chi connectivity index (χ1n) is 6.51. The lowest BCUT2D eigenvalue weighted by Crippen LogP contribution is -2.30. The molecule has 0 fully saturated rings. The van der Waals surface area contributed by atoms with E-state index in [1.165, 1.54) is 0 Å². The van der Waals surface area contributed by atoms with Gasteiger partial charge < -0.3 is 14.8 Å². The maximum atomic E-state index is 10.4. The Labute approximate surface area is 117 Å². The molecule has 0 radical (unpaired) electrons. The fourth-order valence-corrected chi connectivity index (χ4v) is 2.10. The first-order valence-corrected chi connectivity index (χ1v) is 6.51. The summed E-state index contributed by atoms with van der Waals surface area (Å²) in [5.74, 6) is 1.27. The van der Waals surface area contributed by atoms with Gasteiger partial charge in [-0.15, -0.1) is 0 Å². The Morgan fingerprint density at radius 2 is 2.00 bits per heavy atom. The van der Waals surface area contributed by atoms with E-state index >= 15 is 0 Å². The van der Waals surface area contributed by atoms with Gasteiger partial charge >= 0.3 is 0 Å². The van der Waals surface area contributed by atoms with Gasteiger partial charge in [0.1, 0.15) is 17.2 Å². The number of furan rings is 1. The van der Waals surface area contributed by atoms with Crippen molar-refractivity contribution in [2.45, 2.75) is 12.5 Å². The SMILES string of the molecule is CC(O)(CNc1ccc2ccccc2n1)c1ccco1. The molecule has 0 saturated carbocycles. The van der Waals surface area contributed by atoms with E-state index < -0.39 is 5.60 Å². The summed E-state index contributed by atoms with van der Waals surface area (Å²) < 4.78 is 5.25. The van der Waals surface area contributed by atoms with Crippen molar-refractivity contribution in [3.8, 4) is 0 Å². The Kier molecular flexibility index (Phi) is 3.16. The lowest BCUT2D eigenvalue weighted by molar-refractivity contribution is 0.0476. The highest BCUT2D eigenvalue weighted by Gasteiger charge is 2.25. The van der Waals surface area contributed by atoms with Crippen LogP contribution in [0.5, 0.6) is 0 Å². The van der Waals surface area contributed by atoms with Crippen LogP contribution in [0, 0.1) is 0 Å². The molecule has 0 bridgehead atoms. The molecule has 1 unspecified atom stereocenters. The van der Waals surface area contributed by atoms with Gasteiger partial charge in [-0.05, 0) is 37.3 Å². The molecule has 0 aliphatic rings. The molecule has 0 aliphatic carbocycles. The maximum absolute atomic E-state index is 10.4. The molecule has 0 amide bonds. The lowest BCUT2D eigenvalue weighted by Gasteiger charge is -2.21. The van der Waals surface area contributed by atoms with E-state index in [1.807, 2.05) is 36.4 Å². The molecular weight excluding hydrogens is 252 g/mol. The predicted octanol–water partition coefficient (Wildman–Crippen LogP) is 3.15. The first-order chi connectivity index (χ1) is 9.65. The Hall–Kier alpha value is -2.33. The van der Waals surface area contributed by atoms with Crippen molar-refractivity contribution < 1.29 is 9.52 Å². The molecule has 0 aliphatic heterocycles. The molecule has 20 heavy (non-hydrogen) atoms. The molecule has 3 aromatic rings. The fraction of sp³-hybridized carbons (Fsp3) is 0.188. The molecule has 2 N–H and O–H groups in total. The van der Waals surface area contributed by atoms with Gasteiger partial charge in [-0.3, -0.25) is 0 Å². The minimum Gasteiger partial charge on any atom is -0.466 e. The van der Waals surface area contributed by atoms with Gasteiger partial charge in [0.15, 0.2) is 0 Å². The van der Waals surface area contributed by atoms with E-state index in [-0.39, 0.29) is 0 Å². The summed E-state index contributed by atoms with van der Waals surface area (Å²) in [5.41, 5.74) is -0.147. The number of pyridine rings is 1. The first kappa shape index (κ1) is 12.7. The average molecular weight is 268 g/mol. The quantitative estimate of drug-likeness (QED) is 0.763. The molecule has 2 aromatic heterocycles. The highest BCUT2D eigenvalue weighted by Crippen LogP contribution is 2.22. The van der Waals surface area contributed by atoms with Gasteiger partial charge in [-0.2, -0.15) is 0 Å². The molecule has 2 heterocycles. The zero-order valence-electron chi connectivity index (χ0n) is 11.2.